The number of aromatic nitrogens is 1. The van der Waals surface area contributed by atoms with Crippen LogP contribution in [0.15, 0.2) is 30.6 Å². The minimum atomic E-state index is 0.274. The lowest BCUT2D eigenvalue weighted by Gasteiger charge is -2.23. The standard InChI is InChI=1S/C18H23ClN2/c1-5-21-17(10-15-6-7-20-11-16(15)19)18-13(3)8-12(2)9-14(18)4/h6-9,11,17,21H,5,10H2,1-4H3. The summed E-state index contributed by atoms with van der Waals surface area (Å²) in [7, 11) is 0. The Labute approximate surface area is 132 Å². The van der Waals surface area contributed by atoms with Gasteiger partial charge in [0.2, 0.25) is 0 Å². The highest BCUT2D eigenvalue weighted by Gasteiger charge is 2.17. The highest BCUT2D eigenvalue weighted by molar-refractivity contribution is 6.31. The topological polar surface area (TPSA) is 24.9 Å². The molecule has 0 aliphatic heterocycles. The van der Waals surface area contributed by atoms with Gasteiger partial charge in [0.1, 0.15) is 0 Å². The average molecular weight is 303 g/mol. The Bertz CT molecular complexity index is 599. The maximum absolute atomic E-state index is 6.27. The minimum Gasteiger partial charge on any atom is -0.310 e. The number of hydrogen-bond acceptors (Lipinski definition) is 2. The summed E-state index contributed by atoms with van der Waals surface area (Å²) in [6, 6.07) is 6.78. The molecule has 0 bridgehead atoms. The molecule has 1 unspecified atom stereocenters. The van der Waals surface area contributed by atoms with Crippen LogP contribution in [0, 0.1) is 20.8 Å². The van der Waals surface area contributed by atoms with E-state index in [-0.39, 0.29) is 6.04 Å². The molecule has 2 aromatic rings. The number of nitrogens with zero attached hydrogens (tertiary/aromatic N) is 1. The highest BCUT2D eigenvalue weighted by atomic mass is 35.5. The van der Waals surface area contributed by atoms with Crippen LogP contribution in [0.3, 0.4) is 0 Å². The Morgan fingerprint density at radius 1 is 1.19 bits per heavy atom. The van der Waals surface area contributed by atoms with E-state index in [4.69, 9.17) is 11.6 Å². The molecular weight excluding hydrogens is 280 g/mol. The molecule has 3 heteroatoms. The van der Waals surface area contributed by atoms with Gasteiger partial charge in [0.25, 0.3) is 0 Å². The highest BCUT2D eigenvalue weighted by Crippen LogP contribution is 2.28. The number of rotatable bonds is 5. The zero-order chi connectivity index (χ0) is 15.4. The van der Waals surface area contributed by atoms with Crippen LogP contribution in [0.5, 0.6) is 0 Å². The fourth-order valence-electron chi connectivity index (χ4n) is 3.05. The van der Waals surface area contributed by atoms with E-state index in [1.165, 1.54) is 22.3 Å². The fraction of sp³-hybridized carbons (Fsp3) is 0.389. The van der Waals surface area contributed by atoms with Crippen LogP contribution in [0.1, 0.15) is 40.8 Å². The molecule has 0 fully saturated rings. The van der Waals surface area contributed by atoms with Crippen molar-refractivity contribution in [3.05, 3.63) is 63.4 Å². The molecule has 21 heavy (non-hydrogen) atoms. The van der Waals surface area contributed by atoms with Crippen LogP contribution < -0.4 is 5.32 Å². The quantitative estimate of drug-likeness (QED) is 0.876. The average Bonchev–Trinajstić information content (AvgIpc) is 2.40. The first kappa shape index (κ1) is 16.0. The number of hydrogen-bond donors (Lipinski definition) is 1. The second-order valence-electron chi connectivity index (χ2n) is 5.59. The summed E-state index contributed by atoms with van der Waals surface area (Å²) in [6.45, 7) is 9.59. The maximum Gasteiger partial charge on any atom is 0.0622 e. The van der Waals surface area contributed by atoms with E-state index >= 15 is 0 Å². The molecule has 1 aromatic carbocycles. The molecule has 1 N–H and O–H groups in total. The van der Waals surface area contributed by atoms with E-state index in [9.17, 15) is 0 Å². The molecule has 0 amide bonds. The van der Waals surface area contributed by atoms with Crippen molar-refractivity contribution in [2.45, 2.75) is 40.2 Å². The first-order chi connectivity index (χ1) is 10.0. The third kappa shape index (κ3) is 3.84. The summed E-state index contributed by atoms with van der Waals surface area (Å²) >= 11 is 6.27. The lowest BCUT2D eigenvalue weighted by Crippen LogP contribution is -2.24. The third-order valence-corrected chi connectivity index (χ3v) is 4.16. The van der Waals surface area contributed by atoms with Crippen molar-refractivity contribution in [3.63, 3.8) is 0 Å². The number of likely N-dealkylation sites (N-methyl/N-ethyl adjacent to an activating group) is 1. The van der Waals surface area contributed by atoms with Gasteiger partial charge in [0, 0.05) is 18.4 Å². The summed E-state index contributed by atoms with van der Waals surface area (Å²) in [5, 5.41) is 4.34. The van der Waals surface area contributed by atoms with Crippen molar-refractivity contribution in [3.8, 4) is 0 Å². The van der Waals surface area contributed by atoms with E-state index < -0.39 is 0 Å². The van der Waals surface area contributed by atoms with Gasteiger partial charge < -0.3 is 5.32 Å². The minimum absolute atomic E-state index is 0.274. The van der Waals surface area contributed by atoms with E-state index in [1.54, 1.807) is 12.4 Å². The maximum atomic E-state index is 6.27. The third-order valence-electron chi connectivity index (χ3n) is 3.82. The van der Waals surface area contributed by atoms with Crippen LogP contribution >= 0.6 is 11.6 Å². The van der Waals surface area contributed by atoms with Gasteiger partial charge in [0.05, 0.1) is 5.02 Å². The summed E-state index contributed by atoms with van der Waals surface area (Å²) < 4.78 is 0. The van der Waals surface area contributed by atoms with Gasteiger partial charge in [0.15, 0.2) is 0 Å². The molecule has 0 aliphatic rings. The van der Waals surface area contributed by atoms with Crippen molar-refractivity contribution >= 4 is 11.6 Å². The first-order valence-electron chi connectivity index (χ1n) is 7.42. The Hall–Kier alpha value is -1.38. The Kier molecular flexibility index (Phi) is 5.38. The van der Waals surface area contributed by atoms with Crippen LogP contribution in [0.25, 0.3) is 0 Å². The predicted octanol–water partition coefficient (Wildman–Crippen LogP) is 4.55. The lowest BCUT2D eigenvalue weighted by molar-refractivity contribution is 0.544. The van der Waals surface area contributed by atoms with Crippen molar-refractivity contribution in [1.29, 1.82) is 0 Å². The molecule has 2 rings (SSSR count). The van der Waals surface area contributed by atoms with Gasteiger partial charge in [-0.3, -0.25) is 4.98 Å². The molecular formula is C18H23ClN2. The second-order valence-corrected chi connectivity index (χ2v) is 6.00. The SMILES string of the molecule is CCNC(Cc1ccncc1Cl)c1c(C)cc(C)cc1C. The van der Waals surface area contributed by atoms with Crippen molar-refractivity contribution in [2.75, 3.05) is 6.54 Å². The van der Waals surface area contributed by atoms with Gasteiger partial charge in [-0.2, -0.15) is 0 Å². The van der Waals surface area contributed by atoms with Gasteiger partial charge in [-0.25, -0.2) is 0 Å². The zero-order valence-corrected chi connectivity index (χ0v) is 14.0. The molecule has 1 atom stereocenters. The first-order valence-corrected chi connectivity index (χ1v) is 7.80. The van der Waals surface area contributed by atoms with E-state index in [1.807, 2.05) is 6.07 Å². The Morgan fingerprint density at radius 3 is 2.43 bits per heavy atom. The van der Waals surface area contributed by atoms with Crippen LogP contribution in [0.2, 0.25) is 5.02 Å². The normalized spacial score (nSPS) is 12.4. The largest absolute Gasteiger partial charge is 0.310 e. The van der Waals surface area contributed by atoms with E-state index in [0.29, 0.717) is 0 Å². The monoisotopic (exact) mass is 302 g/mol. The lowest BCUT2D eigenvalue weighted by atomic mass is 9.90. The van der Waals surface area contributed by atoms with Crippen molar-refractivity contribution in [2.24, 2.45) is 0 Å². The number of pyridine rings is 1. The van der Waals surface area contributed by atoms with E-state index in [0.717, 1.165) is 23.6 Å². The van der Waals surface area contributed by atoms with Gasteiger partial charge in [-0.15, -0.1) is 0 Å². The molecule has 2 nitrogen and oxygen atoms in total. The molecule has 1 aromatic heterocycles. The smallest absolute Gasteiger partial charge is 0.0622 e. The van der Waals surface area contributed by atoms with Gasteiger partial charge in [-0.1, -0.05) is 36.2 Å². The molecule has 1 heterocycles. The fourth-order valence-corrected chi connectivity index (χ4v) is 3.25. The summed E-state index contributed by atoms with van der Waals surface area (Å²) in [5.41, 5.74) is 6.51. The second kappa shape index (κ2) is 7.06. The number of halogens is 1. The van der Waals surface area contributed by atoms with Crippen LogP contribution in [-0.4, -0.2) is 11.5 Å². The zero-order valence-electron chi connectivity index (χ0n) is 13.2. The number of benzene rings is 1. The summed E-state index contributed by atoms with van der Waals surface area (Å²) in [4.78, 5) is 4.07. The summed E-state index contributed by atoms with van der Waals surface area (Å²) in [5.74, 6) is 0. The van der Waals surface area contributed by atoms with Gasteiger partial charge >= 0.3 is 0 Å². The van der Waals surface area contributed by atoms with Crippen LogP contribution in [-0.2, 0) is 6.42 Å². The van der Waals surface area contributed by atoms with E-state index in [2.05, 4.69) is 50.1 Å². The molecule has 0 spiro atoms. The number of nitrogens with one attached hydrogen (secondary N) is 1. The Morgan fingerprint density at radius 2 is 1.86 bits per heavy atom. The summed E-state index contributed by atoms with van der Waals surface area (Å²) in [6.07, 6.45) is 4.40. The molecule has 112 valence electrons. The predicted molar refractivity (Wildman–Crippen MR) is 90.0 cm³/mol. The molecule has 0 saturated heterocycles. The molecule has 0 aliphatic carbocycles. The van der Waals surface area contributed by atoms with Crippen LogP contribution in [0.4, 0.5) is 0 Å². The molecule has 0 radical (unpaired) electrons. The Balaban J connectivity index is 2.38. The van der Waals surface area contributed by atoms with Gasteiger partial charge in [-0.05, 0) is 62.1 Å². The van der Waals surface area contributed by atoms with Crippen molar-refractivity contribution < 1.29 is 0 Å². The molecule has 0 saturated carbocycles. The van der Waals surface area contributed by atoms with Crippen molar-refractivity contribution in [1.82, 2.24) is 10.3 Å². The number of aryl methyl sites for hydroxylation is 3.